The number of aromatic nitrogens is 3. The van der Waals surface area contributed by atoms with E-state index in [-0.39, 0.29) is 12.1 Å². The Morgan fingerprint density at radius 1 is 1.12 bits per heavy atom. The van der Waals surface area contributed by atoms with Gasteiger partial charge in [0, 0.05) is 31.0 Å². The Kier molecular flexibility index (Phi) is 4.66. The van der Waals surface area contributed by atoms with Crippen LogP contribution in [0.25, 0.3) is 5.69 Å². The number of hydrogen-bond donors (Lipinski definition) is 1. The number of fused-ring (bicyclic) bond motifs is 3. The molecule has 1 atom stereocenters. The lowest BCUT2D eigenvalue weighted by Crippen LogP contribution is -2.44. The minimum Gasteiger partial charge on any atom is -0.342 e. The van der Waals surface area contributed by atoms with Gasteiger partial charge in [0.15, 0.2) is 11.0 Å². The number of hydrogen-bond acceptors (Lipinski definition) is 4. The number of nitrogens with one attached hydrogen (secondary N) is 1. The van der Waals surface area contributed by atoms with Gasteiger partial charge in [-0.15, -0.1) is 0 Å². The summed E-state index contributed by atoms with van der Waals surface area (Å²) in [7, 11) is 0. The molecular formula is C20H22ClN5. The van der Waals surface area contributed by atoms with Gasteiger partial charge in [0.25, 0.3) is 0 Å². The second-order valence-electron chi connectivity index (χ2n) is 6.77. The van der Waals surface area contributed by atoms with Crippen LogP contribution in [0.15, 0.2) is 55.0 Å². The molecule has 0 fully saturated rings. The molecule has 0 saturated heterocycles. The summed E-state index contributed by atoms with van der Waals surface area (Å²) in [6.07, 6.45) is 3.57. The maximum absolute atomic E-state index is 6.41. The molecule has 0 amide bonds. The molecule has 0 bridgehead atoms. The lowest BCUT2D eigenvalue weighted by Gasteiger charge is -2.41. The molecule has 0 spiro atoms. The van der Waals surface area contributed by atoms with E-state index in [1.165, 1.54) is 11.3 Å². The Morgan fingerprint density at radius 3 is 2.69 bits per heavy atom. The standard InChI is InChI=1S/C20H22ClN5/c1-14(2)26-17(12-22-11-15-7-4-3-5-8-15)16-9-6-10-25(16)18-19(21)23-13-24-20(18)26/h3-10,13-14,17,22H,11-12H2,1-2H3. The summed E-state index contributed by atoms with van der Waals surface area (Å²) >= 11 is 6.41. The highest BCUT2D eigenvalue weighted by atomic mass is 35.5. The van der Waals surface area contributed by atoms with Crippen molar-refractivity contribution in [3.8, 4) is 5.69 Å². The summed E-state index contributed by atoms with van der Waals surface area (Å²) in [5.41, 5.74) is 3.34. The summed E-state index contributed by atoms with van der Waals surface area (Å²) in [6.45, 7) is 6.02. The quantitative estimate of drug-likeness (QED) is 0.693. The van der Waals surface area contributed by atoms with Crippen molar-refractivity contribution in [2.45, 2.75) is 32.5 Å². The van der Waals surface area contributed by atoms with Crippen LogP contribution in [0.5, 0.6) is 0 Å². The molecule has 1 aliphatic heterocycles. The predicted octanol–water partition coefficient (Wildman–Crippen LogP) is 3.98. The minimum absolute atomic E-state index is 0.173. The van der Waals surface area contributed by atoms with E-state index < -0.39 is 0 Å². The number of anilines is 1. The summed E-state index contributed by atoms with van der Waals surface area (Å²) in [6, 6.07) is 15.1. The van der Waals surface area contributed by atoms with Crippen LogP contribution < -0.4 is 10.2 Å². The fraction of sp³-hybridized carbons (Fsp3) is 0.300. The zero-order chi connectivity index (χ0) is 18.1. The molecular weight excluding hydrogens is 346 g/mol. The maximum Gasteiger partial charge on any atom is 0.158 e. The molecule has 1 unspecified atom stereocenters. The van der Waals surface area contributed by atoms with Gasteiger partial charge in [-0.05, 0) is 31.5 Å². The van der Waals surface area contributed by atoms with Crippen molar-refractivity contribution in [3.63, 3.8) is 0 Å². The Hall–Kier alpha value is -2.37. The molecule has 26 heavy (non-hydrogen) atoms. The van der Waals surface area contributed by atoms with Crippen molar-refractivity contribution in [1.82, 2.24) is 19.9 Å². The van der Waals surface area contributed by atoms with Gasteiger partial charge in [0.1, 0.15) is 12.0 Å². The number of benzene rings is 1. The predicted molar refractivity (Wildman–Crippen MR) is 105 cm³/mol. The van der Waals surface area contributed by atoms with Crippen molar-refractivity contribution in [3.05, 3.63) is 71.4 Å². The molecule has 1 aliphatic rings. The molecule has 0 aliphatic carbocycles. The van der Waals surface area contributed by atoms with Crippen molar-refractivity contribution in [2.75, 3.05) is 11.4 Å². The van der Waals surface area contributed by atoms with Crippen LogP contribution in [0.1, 0.15) is 31.1 Å². The second-order valence-corrected chi connectivity index (χ2v) is 7.13. The van der Waals surface area contributed by atoms with Gasteiger partial charge in [-0.2, -0.15) is 0 Å². The van der Waals surface area contributed by atoms with Gasteiger partial charge in [-0.1, -0.05) is 41.9 Å². The van der Waals surface area contributed by atoms with Gasteiger partial charge in [-0.3, -0.25) is 0 Å². The first-order chi connectivity index (χ1) is 12.7. The van der Waals surface area contributed by atoms with Crippen LogP contribution in [0, 0.1) is 0 Å². The van der Waals surface area contributed by atoms with Crippen LogP contribution in [0.4, 0.5) is 5.82 Å². The highest BCUT2D eigenvalue weighted by molar-refractivity contribution is 6.31. The van der Waals surface area contributed by atoms with Crippen molar-refractivity contribution >= 4 is 17.4 Å². The fourth-order valence-electron chi connectivity index (χ4n) is 3.66. The monoisotopic (exact) mass is 367 g/mol. The largest absolute Gasteiger partial charge is 0.342 e. The first kappa shape index (κ1) is 17.1. The van der Waals surface area contributed by atoms with Crippen LogP contribution in [0.2, 0.25) is 5.15 Å². The van der Waals surface area contributed by atoms with Crippen LogP contribution in [0.3, 0.4) is 0 Å². The summed E-state index contributed by atoms with van der Waals surface area (Å²) in [5, 5.41) is 4.08. The summed E-state index contributed by atoms with van der Waals surface area (Å²) in [5.74, 6) is 0.884. The van der Waals surface area contributed by atoms with E-state index in [2.05, 4.69) is 75.0 Å². The average Bonchev–Trinajstić information content (AvgIpc) is 3.11. The van der Waals surface area contributed by atoms with Crippen LogP contribution in [-0.2, 0) is 6.54 Å². The van der Waals surface area contributed by atoms with E-state index in [1.54, 1.807) is 6.33 Å². The van der Waals surface area contributed by atoms with Gasteiger partial charge in [0.05, 0.1) is 6.04 Å². The van der Waals surface area contributed by atoms with E-state index in [9.17, 15) is 0 Å². The Balaban J connectivity index is 1.65. The first-order valence-corrected chi connectivity index (χ1v) is 9.25. The Bertz CT molecular complexity index is 890. The Labute approximate surface area is 158 Å². The first-order valence-electron chi connectivity index (χ1n) is 8.88. The molecule has 3 aromatic rings. The van der Waals surface area contributed by atoms with Gasteiger partial charge in [0.2, 0.25) is 0 Å². The normalized spacial score (nSPS) is 15.8. The van der Waals surface area contributed by atoms with Crippen LogP contribution in [-0.4, -0.2) is 27.1 Å². The summed E-state index contributed by atoms with van der Waals surface area (Å²) in [4.78, 5) is 11.1. The molecule has 2 aromatic heterocycles. The smallest absolute Gasteiger partial charge is 0.158 e. The zero-order valence-corrected chi connectivity index (χ0v) is 15.7. The maximum atomic E-state index is 6.41. The van der Waals surface area contributed by atoms with E-state index in [0.29, 0.717) is 5.15 Å². The summed E-state index contributed by atoms with van der Waals surface area (Å²) < 4.78 is 2.12. The lowest BCUT2D eigenvalue weighted by atomic mass is 10.1. The lowest BCUT2D eigenvalue weighted by molar-refractivity contribution is 0.485. The molecule has 5 nitrogen and oxygen atoms in total. The van der Waals surface area contributed by atoms with Crippen molar-refractivity contribution < 1.29 is 0 Å². The van der Waals surface area contributed by atoms with Gasteiger partial charge in [-0.25, -0.2) is 9.97 Å². The molecule has 3 heterocycles. The van der Waals surface area contributed by atoms with Crippen molar-refractivity contribution in [2.24, 2.45) is 0 Å². The fourth-order valence-corrected chi connectivity index (χ4v) is 3.88. The van der Waals surface area contributed by atoms with Crippen molar-refractivity contribution in [1.29, 1.82) is 0 Å². The molecule has 6 heteroatoms. The van der Waals surface area contributed by atoms with Crippen LogP contribution >= 0.6 is 11.6 Å². The van der Waals surface area contributed by atoms with Gasteiger partial charge < -0.3 is 14.8 Å². The average molecular weight is 368 g/mol. The minimum atomic E-state index is 0.173. The third-order valence-corrected chi connectivity index (χ3v) is 5.04. The topological polar surface area (TPSA) is 46.0 Å². The number of halogens is 1. The third-order valence-electron chi connectivity index (χ3n) is 4.77. The van der Waals surface area contributed by atoms with E-state index in [4.69, 9.17) is 11.6 Å². The van der Waals surface area contributed by atoms with E-state index in [1.807, 2.05) is 12.3 Å². The zero-order valence-electron chi connectivity index (χ0n) is 14.9. The molecule has 1 N–H and O–H groups in total. The second kappa shape index (κ2) is 7.09. The van der Waals surface area contributed by atoms with Gasteiger partial charge >= 0.3 is 0 Å². The molecule has 1 aromatic carbocycles. The SMILES string of the molecule is CC(C)N1c2ncnc(Cl)c2-n2cccc2C1CNCc1ccccc1. The number of nitrogens with zero attached hydrogens (tertiary/aromatic N) is 4. The Morgan fingerprint density at radius 2 is 1.92 bits per heavy atom. The third kappa shape index (κ3) is 2.97. The van der Waals surface area contributed by atoms with E-state index in [0.717, 1.165) is 24.6 Å². The highest BCUT2D eigenvalue weighted by Gasteiger charge is 2.34. The molecule has 4 rings (SSSR count). The molecule has 0 saturated carbocycles. The molecule has 0 radical (unpaired) electrons. The molecule has 134 valence electrons. The highest BCUT2D eigenvalue weighted by Crippen LogP contribution is 2.40. The van der Waals surface area contributed by atoms with E-state index >= 15 is 0 Å². The number of rotatable bonds is 5.